The predicted molar refractivity (Wildman–Crippen MR) is 91.5 cm³/mol. The number of amides is 1. The average Bonchev–Trinajstić information content (AvgIpc) is 3.25. The Bertz CT molecular complexity index is 590. The molecule has 1 atom stereocenters. The molecule has 4 rings (SSSR count). The molecule has 1 N–H and O–H groups in total. The molecule has 0 spiro atoms. The van der Waals surface area contributed by atoms with Gasteiger partial charge in [0.25, 0.3) is 0 Å². The molecule has 1 amide bonds. The van der Waals surface area contributed by atoms with Gasteiger partial charge in [0.05, 0.1) is 5.41 Å². The summed E-state index contributed by atoms with van der Waals surface area (Å²) in [4.78, 5) is 17.9. The van der Waals surface area contributed by atoms with Crippen molar-refractivity contribution in [1.29, 1.82) is 0 Å². The Morgan fingerprint density at radius 3 is 2.70 bits per heavy atom. The summed E-state index contributed by atoms with van der Waals surface area (Å²) < 4.78 is 0. The van der Waals surface area contributed by atoms with E-state index >= 15 is 0 Å². The normalized spacial score (nSPS) is 27.2. The quantitative estimate of drug-likeness (QED) is 0.919. The van der Waals surface area contributed by atoms with Crippen LogP contribution < -0.4 is 5.32 Å². The van der Waals surface area contributed by atoms with Crippen molar-refractivity contribution in [2.24, 2.45) is 0 Å². The highest BCUT2D eigenvalue weighted by molar-refractivity contribution is 5.91. The van der Waals surface area contributed by atoms with E-state index in [-0.39, 0.29) is 5.41 Å². The molecular weight excluding hydrogens is 286 g/mol. The van der Waals surface area contributed by atoms with Gasteiger partial charge in [-0.3, -0.25) is 9.69 Å². The zero-order valence-corrected chi connectivity index (χ0v) is 14.1. The fraction of sp³-hybridized carbons (Fsp3) is 0.632. The van der Waals surface area contributed by atoms with Crippen molar-refractivity contribution in [3.05, 3.63) is 35.4 Å². The van der Waals surface area contributed by atoms with Gasteiger partial charge in [0.15, 0.2) is 0 Å². The first-order valence-corrected chi connectivity index (χ1v) is 9.00. The minimum absolute atomic E-state index is 0.204. The summed E-state index contributed by atoms with van der Waals surface area (Å²) in [6, 6.07) is 9.11. The molecule has 23 heavy (non-hydrogen) atoms. The maximum Gasteiger partial charge on any atom is 0.233 e. The lowest BCUT2D eigenvalue weighted by Gasteiger charge is -2.33. The van der Waals surface area contributed by atoms with Crippen LogP contribution in [-0.4, -0.2) is 61.0 Å². The van der Waals surface area contributed by atoms with E-state index in [1.165, 1.54) is 11.1 Å². The Morgan fingerprint density at radius 2 is 2.00 bits per heavy atom. The lowest BCUT2D eigenvalue weighted by atomic mass is 9.93. The van der Waals surface area contributed by atoms with Crippen LogP contribution in [0.2, 0.25) is 0 Å². The number of benzene rings is 1. The van der Waals surface area contributed by atoms with Gasteiger partial charge in [0.1, 0.15) is 0 Å². The first kappa shape index (κ1) is 15.2. The van der Waals surface area contributed by atoms with Crippen molar-refractivity contribution < 1.29 is 4.79 Å². The number of nitrogens with one attached hydrogen (secondary N) is 1. The molecule has 0 radical (unpaired) electrons. The van der Waals surface area contributed by atoms with Crippen LogP contribution in [0.1, 0.15) is 30.4 Å². The van der Waals surface area contributed by atoms with Crippen LogP contribution in [-0.2, 0) is 10.2 Å². The van der Waals surface area contributed by atoms with Gasteiger partial charge in [-0.2, -0.15) is 0 Å². The standard InChI is InChI=1S/C19H27N3O/c1-15-3-2-4-16(13-15)19(6-7-19)18(23)22-10-5-17(14-22)21-11-8-20-9-12-21/h2-4,13,17,20H,5-12,14H2,1H3. The van der Waals surface area contributed by atoms with Gasteiger partial charge in [-0.15, -0.1) is 0 Å². The van der Waals surface area contributed by atoms with Gasteiger partial charge in [-0.05, 0) is 31.7 Å². The zero-order chi connectivity index (χ0) is 15.9. The second-order valence-corrected chi connectivity index (χ2v) is 7.43. The molecule has 1 unspecified atom stereocenters. The molecule has 1 saturated carbocycles. The largest absolute Gasteiger partial charge is 0.340 e. The number of rotatable bonds is 3. The predicted octanol–water partition coefficient (Wildman–Crippen LogP) is 1.53. The number of carbonyl (C=O) groups is 1. The van der Waals surface area contributed by atoms with Crippen LogP contribution in [0.25, 0.3) is 0 Å². The highest BCUT2D eigenvalue weighted by Crippen LogP contribution is 2.50. The zero-order valence-electron chi connectivity index (χ0n) is 14.1. The third-order valence-electron chi connectivity index (χ3n) is 5.85. The molecule has 1 aliphatic carbocycles. The van der Waals surface area contributed by atoms with Crippen molar-refractivity contribution in [1.82, 2.24) is 15.1 Å². The summed E-state index contributed by atoms with van der Waals surface area (Å²) in [6.07, 6.45) is 3.17. The highest BCUT2D eigenvalue weighted by atomic mass is 16.2. The van der Waals surface area contributed by atoms with Crippen LogP contribution in [0.15, 0.2) is 24.3 Å². The molecule has 124 valence electrons. The number of carbonyl (C=O) groups excluding carboxylic acids is 1. The lowest BCUT2D eigenvalue weighted by Crippen LogP contribution is -2.49. The third kappa shape index (κ3) is 2.79. The number of likely N-dealkylation sites (tertiary alicyclic amines) is 1. The summed E-state index contributed by atoms with van der Waals surface area (Å²) in [6.45, 7) is 8.37. The summed E-state index contributed by atoms with van der Waals surface area (Å²) >= 11 is 0. The minimum atomic E-state index is -0.204. The van der Waals surface area contributed by atoms with E-state index in [1.54, 1.807) is 0 Å². The smallest absolute Gasteiger partial charge is 0.233 e. The molecular formula is C19H27N3O. The van der Waals surface area contributed by atoms with E-state index in [0.717, 1.165) is 58.5 Å². The molecule has 1 aromatic rings. The van der Waals surface area contributed by atoms with Gasteiger partial charge in [0.2, 0.25) is 5.91 Å². The molecule has 1 aromatic carbocycles. The Kier molecular flexibility index (Phi) is 3.90. The first-order valence-electron chi connectivity index (χ1n) is 9.00. The van der Waals surface area contributed by atoms with Gasteiger partial charge in [-0.1, -0.05) is 29.8 Å². The summed E-state index contributed by atoms with van der Waals surface area (Å²) in [5.41, 5.74) is 2.28. The topological polar surface area (TPSA) is 35.6 Å². The number of aryl methyl sites for hydroxylation is 1. The van der Waals surface area contributed by atoms with Crippen LogP contribution >= 0.6 is 0 Å². The molecule has 2 aliphatic heterocycles. The number of nitrogens with zero attached hydrogens (tertiary/aromatic N) is 2. The summed E-state index contributed by atoms with van der Waals surface area (Å²) in [5.74, 6) is 0.376. The molecule has 0 aromatic heterocycles. The maximum atomic E-state index is 13.2. The van der Waals surface area contributed by atoms with E-state index < -0.39 is 0 Å². The van der Waals surface area contributed by atoms with Crippen molar-refractivity contribution in [2.75, 3.05) is 39.3 Å². The van der Waals surface area contributed by atoms with Crippen LogP contribution in [0.5, 0.6) is 0 Å². The van der Waals surface area contributed by atoms with Crippen LogP contribution in [0.3, 0.4) is 0 Å². The van der Waals surface area contributed by atoms with E-state index in [2.05, 4.69) is 46.3 Å². The van der Waals surface area contributed by atoms with Gasteiger partial charge >= 0.3 is 0 Å². The molecule has 2 saturated heterocycles. The third-order valence-corrected chi connectivity index (χ3v) is 5.85. The first-order chi connectivity index (χ1) is 11.2. The second kappa shape index (κ2) is 5.91. The molecule has 4 nitrogen and oxygen atoms in total. The SMILES string of the molecule is Cc1cccc(C2(C(=O)N3CCC(N4CCNCC4)C3)CC2)c1. The molecule has 3 fully saturated rings. The molecule has 2 heterocycles. The van der Waals surface area contributed by atoms with Crippen LogP contribution in [0.4, 0.5) is 0 Å². The highest BCUT2D eigenvalue weighted by Gasteiger charge is 2.53. The fourth-order valence-corrected chi connectivity index (χ4v) is 4.27. The lowest BCUT2D eigenvalue weighted by molar-refractivity contribution is -0.133. The van der Waals surface area contributed by atoms with E-state index in [9.17, 15) is 4.79 Å². The van der Waals surface area contributed by atoms with Crippen molar-refractivity contribution in [2.45, 2.75) is 37.6 Å². The Hall–Kier alpha value is -1.39. The maximum absolute atomic E-state index is 13.2. The Balaban J connectivity index is 1.45. The van der Waals surface area contributed by atoms with E-state index in [1.807, 2.05) is 0 Å². The van der Waals surface area contributed by atoms with E-state index in [4.69, 9.17) is 0 Å². The summed E-state index contributed by atoms with van der Waals surface area (Å²) in [5, 5.41) is 3.41. The van der Waals surface area contributed by atoms with Crippen molar-refractivity contribution >= 4 is 5.91 Å². The summed E-state index contributed by atoms with van der Waals surface area (Å²) in [7, 11) is 0. The fourth-order valence-electron chi connectivity index (χ4n) is 4.27. The molecule has 3 aliphatic rings. The van der Waals surface area contributed by atoms with Crippen molar-refractivity contribution in [3.8, 4) is 0 Å². The van der Waals surface area contributed by atoms with Gasteiger partial charge in [0, 0.05) is 45.3 Å². The van der Waals surface area contributed by atoms with E-state index in [0.29, 0.717) is 11.9 Å². The number of hydrogen-bond acceptors (Lipinski definition) is 3. The number of piperazine rings is 1. The molecule has 4 heteroatoms. The van der Waals surface area contributed by atoms with Gasteiger partial charge in [-0.25, -0.2) is 0 Å². The Morgan fingerprint density at radius 1 is 1.22 bits per heavy atom. The second-order valence-electron chi connectivity index (χ2n) is 7.43. The minimum Gasteiger partial charge on any atom is -0.340 e. The van der Waals surface area contributed by atoms with Gasteiger partial charge < -0.3 is 10.2 Å². The number of hydrogen-bond donors (Lipinski definition) is 1. The molecule has 0 bridgehead atoms. The van der Waals surface area contributed by atoms with Crippen LogP contribution in [0, 0.1) is 6.92 Å². The monoisotopic (exact) mass is 313 g/mol. The van der Waals surface area contributed by atoms with Crippen molar-refractivity contribution in [3.63, 3.8) is 0 Å². The average molecular weight is 313 g/mol. The Labute approximate surface area is 138 Å².